The number of benzene rings is 1. The van der Waals surface area contributed by atoms with Crippen molar-refractivity contribution in [2.24, 2.45) is 0 Å². The number of nitrogens with zero attached hydrogens (tertiary/aromatic N) is 1. The van der Waals surface area contributed by atoms with Gasteiger partial charge in [-0.05, 0) is 19.1 Å². The van der Waals surface area contributed by atoms with Gasteiger partial charge in [0.25, 0.3) is 0 Å². The van der Waals surface area contributed by atoms with Crippen LogP contribution in [0.3, 0.4) is 0 Å². The molecule has 0 aliphatic carbocycles. The van der Waals surface area contributed by atoms with Crippen molar-refractivity contribution in [1.82, 2.24) is 0 Å². The molecule has 4 heteroatoms. The van der Waals surface area contributed by atoms with Gasteiger partial charge in [0.1, 0.15) is 6.07 Å². The van der Waals surface area contributed by atoms with E-state index in [1.54, 1.807) is 31.2 Å². The number of anilines is 1. The zero-order valence-corrected chi connectivity index (χ0v) is 8.58. The Morgan fingerprint density at radius 2 is 2.21 bits per heavy atom. The van der Waals surface area contributed by atoms with Gasteiger partial charge in [0.15, 0.2) is 0 Å². The standard InChI is InChI=1S/C10H10N2OS/c1-7(14)10(13)12-9-5-3-2-4-8(9)6-11/h2-5,7,14H,1H3,(H,12,13). The van der Waals surface area contributed by atoms with E-state index in [1.807, 2.05) is 6.07 Å². The average Bonchev–Trinajstić information content (AvgIpc) is 2.18. The second kappa shape index (κ2) is 4.68. The molecule has 1 rings (SSSR count). The number of nitrogens with one attached hydrogen (secondary N) is 1. The lowest BCUT2D eigenvalue weighted by molar-refractivity contribution is -0.115. The normalized spacial score (nSPS) is 11.5. The monoisotopic (exact) mass is 206 g/mol. The van der Waals surface area contributed by atoms with E-state index < -0.39 is 0 Å². The van der Waals surface area contributed by atoms with Crippen LogP contribution in [0.2, 0.25) is 0 Å². The van der Waals surface area contributed by atoms with Gasteiger partial charge in [-0.15, -0.1) is 0 Å². The quantitative estimate of drug-likeness (QED) is 0.725. The Labute approximate surface area is 88.2 Å². The summed E-state index contributed by atoms with van der Waals surface area (Å²) in [5.74, 6) is -0.212. The Morgan fingerprint density at radius 3 is 2.79 bits per heavy atom. The maximum Gasteiger partial charge on any atom is 0.236 e. The van der Waals surface area contributed by atoms with Crippen LogP contribution in [-0.4, -0.2) is 11.2 Å². The smallest absolute Gasteiger partial charge is 0.236 e. The summed E-state index contributed by atoms with van der Waals surface area (Å²) in [7, 11) is 0. The largest absolute Gasteiger partial charge is 0.324 e. The van der Waals surface area contributed by atoms with Crippen LogP contribution in [0.1, 0.15) is 12.5 Å². The van der Waals surface area contributed by atoms with Gasteiger partial charge >= 0.3 is 0 Å². The predicted molar refractivity (Wildman–Crippen MR) is 58.2 cm³/mol. The summed E-state index contributed by atoms with van der Waals surface area (Å²) < 4.78 is 0. The number of carbonyl (C=O) groups is 1. The Morgan fingerprint density at radius 1 is 1.57 bits per heavy atom. The van der Waals surface area contributed by atoms with Crippen molar-refractivity contribution in [3.8, 4) is 6.07 Å². The number of rotatable bonds is 2. The summed E-state index contributed by atoms with van der Waals surface area (Å²) in [6, 6.07) is 8.85. The molecule has 1 N–H and O–H groups in total. The molecule has 72 valence electrons. The van der Waals surface area contributed by atoms with E-state index in [9.17, 15) is 4.79 Å². The molecule has 1 unspecified atom stereocenters. The van der Waals surface area contributed by atoms with Crippen molar-refractivity contribution in [2.45, 2.75) is 12.2 Å². The third-order valence-corrected chi connectivity index (χ3v) is 1.92. The number of thiol groups is 1. The highest BCUT2D eigenvalue weighted by molar-refractivity contribution is 7.81. The second-order valence-electron chi connectivity index (χ2n) is 2.82. The molecule has 1 aromatic rings. The Balaban J connectivity index is 2.87. The molecule has 0 heterocycles. The third kappa shape index (κ3) is 2.51. The molecule has 0 aliphatic rings. The van der Waals surface area contributed by atoms with Gasteiger partial charge in [0.2, 0.25) is 5.91 Å². The highest BCUT2D eigenvalue weighted by Gasteiger charge is 2.09. The molecule has 3 nitrogen and oxygen atoms in total. The number of nitriles is 1. The Kier molecular flexibility index (Phi) is 3.55. The van der Waals surface area contributed by atoms with Gasteiger partial charge in [-0.3, -0.25) is 4.79 Å². The molecular weight excluding hydrogens is 196 g/mol. The maximum atomic E-state index is 11.3. The van der Waals surface area contributed by atoms with Crippen LogP contribution in [0.4, 0.5) is 5.69 Å². The Bertz CT molecular complexity index is 382. The molecule has 0 aromatic heterocycles. The summed E-state index contributed by atoms with van der Waals surface area (Å²) in [6.07, 6.45) is 0. The van der Waals surface area contributed by atoms with Crippen molar-refractivity contribution in [3.05, 3.63) is 29.8 Å². The van der Waals surface area contributed by atoms with E-state index in [0.717, 1.165) is 0 Å². The minimum Gasteiger partial charge on any atom is -0.324 e. The fourth-order valence-corrected chi connectivity index (χ4v) is 0.991. The Hall–Kier alpha value is -1.47. The minimum atomic E-state index is -0.387. The van der Waals surface area contributed by atoms with Crippen molar-refractivity contribution in [3.63, 3.8) is 0 Å². The number of hydrogen-bond donors (Lipinski definition) is 2. The van der Waals surface area contributed by atoms with E-state index in [4.69, 9.17) is 5.26 Å². The lowest BCUT2D eigenvalue weighted by atomic mass is 10.2. The first-order valence-electron chi connectivity index (χ1n) is 4.13. The molecule has 1 aromatic carbocycles. The zero-order valence-electron chi connectivity index (χ0n) is 7.69. The summed E-state index contributed by atoms with van der Waals surface area (Å²) in [4.78, 5) is 11.3. The lowest BCUT2D eigenvalue weighted by Crippen LogP contribution is -2.20. The van der Waals surface area contributed by atoms with Crippen LogP contribution in [0.15, 0.2) is 24.3 Å². The molecule has 0 radical (unpaired) electrons. The van der Waals surface area contributed by atoms with Crippen molar-refractivity contribution >= 4 is 24.2 Å². The first-order chi connectivity index (χ1) is 6.65. The fraction of sp³-hybridized carbons (Fsp3) is 0.200. The molecule has 0 bridgehead atoms. The van der Waals surface area contributed by atoms with Crippen LogP contribution < -0.4 is 5.32 Å². The molecule has 0 saturated heterocycles. The minimum absolute atomic E-state index is 0.212. The average molecular weight is 206 g/mol. The summed E-state index contributed by atoms with van der Waals surface area (Å²) in [5.41, 5.74) is 0.982. The molecule has 0 spiro atoms. The molecule has 1 amide bonds. The van der Waals surface area contributed by atoms with Gasteiger partial charge in [0.05, 0.1) is 16.5 Å². The van der Waals surface area contributed by atoms with E-state index in [1.165, 1.54) is 0 Å². The fourth-order valence-electron chi connectivity index (χ4n) is 0.927. The summed E-state index contributed by atoms with van der Waals surface area (Å²) >= 11 is 3.99. The number of para-hydroxylation sites is 1. The van der Waals surface area contributed by atoms with E-state index in [0.29, 0.717) is 11.3 Å². The lowest BCUT2D eigenvalue weighted by Gasteiger charge is -2.07. The van der Waals surface area contributed by atoms with E-state index in [-0.39, 0.29) is 11.2 Å². The van der Waals surface area contributed by atoms with Gasteiger partial charge in [0, 0.05) is 0 Å². The first-order valence-corrected chi connectivity index (χ1v) is 4.65. The van der Waals surface area contributed by atoms with E-state index >= 15 is 0 Å². The number of hydrogen-bond acceptors (Lipinski definition) is 3. The van der Waals surface area contributed by atoms with Crippen LogP contribution >= 0.6 is 12.6 Å². The molecule has 0 aliphatic heterocycles. The van der Waals surface area contributed by atoms with Gasteiger partial charge in [-0.2, -0.15) is 17.9 Å². The predicted octanol–water partition coefficient (Wildman–Crippen LogP) is 1.82. The van der Waals surface area contributed by atoms with Crippen LogP contribution in [-0.2, 0) is 4.79 Å². The second-order valence-corrected chi connectivity index (χ2v) is 3.60. The van der Waals surface area contributed by atoms with Crippen molar-refractivity contribution in [1.29, 1.82) is 5.26 Å². The maximum absolute atomic E-state index is 11.3. The van der Waals surface area contributed by atoms with Gasteiger partial charge in [-0.1, -0.05) is 12.1 Å². The third-order valence-electron chi connectivity index (χ3n) is 1.68. The van der Waals surface area contributed by atoms with Gasteiger partial charge in [-0.25, -0.2) is 0 Å². The highest BCUT2D eigenvalue weighted by atomic mass is 32.1. The first kappa shape index (κ1) is 10.6. The molecule has 0 saturated carbocycles. The van der Waals surface area contributed by atoms with Crippen LogP contribution in [0, 0.1) is 11.3 Å². The molecule has 1 atom stereocenters. The zero-order chi connectivity index (χ0) is 10.6. The topological polar surface area (TPSA) is 52.9 Å². The SMILES string of the molecule is CC(S)C(=O)Nc1ccccc1C#N. The highest BCUT2D eigenvalue weighted by Crippen LogP contribution is 2.14. The van der Waals surface area contributed by atoms with Crippen LogP contribution in [0.25, 0.3) is 0 Å². The molecular formula is C10H10N2OS. The number of amides is 1. The summed E-state index contributed by atoms with van der Waals surface area (Å²) in [5, 5.41) is 11.0. The van der Waals surface area contributed by atoms with Crippen molar-refractivity contribution < 1.29 is 4.79 Å². The van der Waals surface area contributed by atoms with Crippen molar-refractivity contribution in [2.75, 3.05) is 5.32 Å². The summed E-state index contributed by atoms with van der Waals surface area (Å²) in [6.45, 7) is 1.67. The molecule has 14 heavy (non-hydrogen) atoms. The van der Waals surface area contributed by atoms with Gasteiger partial charge < -0.3 is 5.32 Å². The van der Waals surface area contributed by atoms with Crippen LogP contribution in [0.5, 0.6) is 0 Å². The van der Waals surface area contributed by atoms with E-state index in [2.05, 4.69) is 17.9 Å². The number of carbonyl (C=O) groups excluding carboxylic acids is 1. The molecule has 0 fully saturated rings.